The summed E-state index contributed by atoms with van der Waals surface area (Å²) in [6.45, 7) is 3.58. The molecule has 0 aliphatic carbocycles. The third-order valence-electron chi connectivity index (χ3n) is 3.81. The predicted molar refractivity (Wildman–Crippen MR) is 87.1 cm³/mol. The topological polar surface area (TPSA) is 68.4 Å². The first-order chi connectivity index (χ1) is 11.5. The van der Waals surface area contributed by atoms with E-state index in [1.165, 1.54) is 18.3 Å². The van der Waals surface area contributed by atoms with Gasteiger partial charge in [0.05, 0.1) is 6.04 Å². The van der Waals surface area contributed by atoms with Crippen LogP contribution in [0, 0.1) is 12.7 Å². The number of rotatable bonds is 4. The van der Waals surface area contributed by atoms with E-state index in [9.17, 15) is 14.0 Å². The van der Waals surface area contributed by atoms with Gasteiger partial charge in [0.25, 0.3) is 0 Å². The lowest BCUT2D eigenvalue weighted by molar-refractivity contribution is -0.122. The zero-order valence-electron chi connectivity index (χ0n) is 13.4. The van der Waals surface area contributed by atoms with Crippen molar-refractivity contribution in [1.29, 1.82) is 0 Å². The fourth-order valence-corrected chi connectivity index (χ4v) is 2.47. The first kappa shape index (κ1) is 15.9. The molecule has 0 spiro atoms. The van der Waals surface area contributed by atoms with Crippen molar-refractivity contribution in [2.24, 2.45) is 0 Å². The van der Waals surface area contributed by atoms with Crippen LogP contribution in [0.1, 0.15) is 24.1 Å². The van der Waals surface area contributed by atoms with Crippen LogP contribution in [0.25, 0.3) is 5.65 Å². The number of nitrogens with one attached hydrogen (secondary N) is 1. The largest absolute Gasteiger partial charge is 0.350 e. The zero-order valence-corrected chi connectivity index (χ0v) is 13.4. The number of carbonyl (C=O) groups excluding carboxylic acids is 1. The zero-order chi connectivity index (χ0) is 17.3. The molecule has 6 nitrogen and oxygen atoms in total. The average Bonchev–Trinajstić information content (AvgIpc) is 2.86. The van der Waals surface area contributed by atoms with Crippen LogP contribution in [0.5, 0.6) is 0 Å². The van der Waals surface area contributed by atoms with Crippen molar-refractivity contribution in [3.63, 3.8) is 0 Å². The van der Waals surface area contributed by atoms with Gasteiger partial charge in [0.2, 0.25) is 5.91 Å². The van der Waals surface area contributed by atoms with Gasteiger partial charge in [0.15, 0.2) is 11.5 Å². The van der Waals surface area contributed by atoms with Gasteiger partial charge in [-0.15, -0.1) is 5.10 Å². The van der Waals surface area contributed by atoms with Crippen molar-refractivity contribution in [3.8, 4) is 0 Å². The van der Waals surface area contributed by atoms with E-state index in [1.54, 1.807) is 0 Å². The van der Waals surface area contributed by atoms with Crippen molar-refractivity contribution in [3.05, 3.63) is 70.0 Å². The van der Waals surface area contributed by atoms with E-state index in [-0.39, 0.29) is 24.1 Å². The van der Waals surface area contributed by atoms with Gasteiger partial charge in [-0.2, -0.15) is 0 Å². The molecule has 1 amide bonds. The van der Waals surface area contributed by atoms with Crippen molar-refractivity contribution >= 4 is 11.6 Å². The average molecular weight is 328 g/mol. The first-order valence-electron chi connectivity index (χ1n) is 7.55. The summed E-state index contributed by atoms with van der Waals surface area (Å²) in [5.41, 5.74) is 1.45. The summed E-state index contributed by atoms with van der Waals surface area (Å²) in [5, 5.41) is 6.68. The number of halogens is 1. The maximum Gasteiger partial charge on any atom is 0.350 e. The molecule has 3 rings (SSSR count). The Morgan fingerprint density at radius 2 is 2.00 bits per heavy atom. The highest BCUT2D eigenvalue weighted by Gasteiger charge is 2.15. The van der Waals surface area contributed by atoms with Gasteiger partial charge in [0, 0.05) is 6.20 Å². The van der Waals surface area contributed by atoms with Crippen LogP contribution in [0.3, 0.4) is 0 Å². The van der Waals surface area contributed by atoms with E-state index in [0.717, 1.165) is 20.2 Å². The second kappa shape index (κ2) is 6.27. The van der Waals surface area contributed by atoms with Crippen LogP contribution >= 0.6 is 0 Å². The van der Waals surface area contributed by atoms with Crippen molar-refractivity contribution in [1.82, 2.24) is 19.5 Å². The Labute approximate surface area is 137 Å². The van der Waals surface area contributed by atoms with Gasteiger partial charge in [-0.3, -0.25) is 4.79 Å². The molecule has 0 fully saturated rings. The Morgan fingerprint density at radius 1 is 1.29 bits per heavy atom. The van der Waals surface area contributed by atoms with E-state index >= 15 is 0 Å². The minimum atomic E-state index is -0.609. The molecule has 0 saturated carbocycles. The third-order valence-corrected chi connectivity index (χ3v) is 3.81. The summed E-state index contributed by atoms with van der Waals surface area (Å²) in [5.74, 6) is -0.976. The van der Waals surface area contributed by atoms with Crippen LogP contribution in [0.4, 0.5) is 4.39 Å². The Bertz CT molecular complexity index is 943. The van der Waals surface area contributed by atoms with Crippen molar-refractivity contribution in [2.75, 3.05) is 0 Å². The Balaban J connectivity index is 1.75. The lowest BCUT2D eigenvalue weighted by Gasteiger charge is -2.14. The summed E-state index contributed by atoms with van der Waals surface area (Å²) in [7, 11) is 0. The molecule has 0 unspecified atom stereocenters. The fourth-order valence-electron chi connectivity index (χ4n) is 2.47. The number of fused-ring (bicyclic) bond motifs is 1. The molecular formula is C17H17FN4O2. The monoisotopic (exact) mass is 328 g/mol. The van der Waals surface area contributed by atoms with E-state index < -0.39 is 11.5 Å². The van der Waals surface area contributed by atoms with Gasteiger partial charge in [-0.05, 0) is 31.5 Å². The van der Waals surface area contributed by atoms with Crippen LogP contribution < -0.4 is 11.0 Å². The number of nitrogens with zero attached hydrogens (tertiary/aromatic N) is 3. The summed E-state index contributed by atoms with van der Waals surface area (Å²) in [6.07, 6.45) is 1.41. The minimum Gasteiger partial charge on any atom is -0.348 e. The fraction of sp³-hybridized carbons (Fsp3) is 0.235. The van der Waals surface area contributed by atoms with Gasteiger partial charge >= 0.3 is 5.69 Å². The van der Waals surface area contributed by atoms with E-state index in [2.05, 4.69) is 10.4 Å². The van der Waals surface area contributed by atoms with E-state index in [1.807, 2.05) is 38.1 Å². The molecule has 0 radical (unpaired) electrons. The number of hydrogen-bond acceptors (Lipinski definition) is 3. The molecule has 0 aliphatic rings. The van der Waals surface area contributed by atoms with Gasteiger partial charge in [-0.1, -0.05) is 29.8 Å². The number of pyridine rings is 1. The second-order valence-corrected chi connectivity index (χ2v) is 5.69. The summed E-state index contributed by atoms with van der Waals surface area (Å²) >= 11 is 0. The third kappa shape index (κ3) is 3.05. The molecular weight excluding hydrogens is 311 g/mol. The highest BCUT2D eigenvalue weighted by Crippen LogP contribution is 2.13. The molecule has 2 aromatic heterocycles. The molecule has 2 heterocycles. The smallest absolute Gasteiger partial charge is 0.348 e. The van der Waals surface area contributed by atoms with E-state index in [4.69, 9.17) is 0 Å². The van der Waals surface area contributed by atoms with E-state index in [0.29, 0.717) is 0 Å². The molecule has 0 aliphatic heterocycles. The quantitative estimate of drug-likeness (QED) is 0.794. The highest BCUT2D eigenvalue weighted by molar-refractivity contribution is 5.76. The van der Waals surface area contributed by atoms with Crippen molar-refractivity contribution < 1.29 is 9.18 Å². The summed E-state index contributed by atoms with van der Waals surface area (Å²) in [6, 6.07) is 10.2. The summed E-state index contributed by atoms with van der Waals surface area (Å²) in [4.78, 5) is 24.3. The van der Waals surface area contributed by atoms with Crippen LogP contribution in [-0.4, -0.2) is 20.1 Å². The van der Waals surface area contributed by atoms with Gasteiger partial charge in [-0.25, -0.2) is 18.3 Å². The molecule has 1 aromatic carbocycles. The molecule has 1 atom stereocenters. The molecule has 24 heavy (non-hydrogen) atoms. The number of aromatic nitrogens is 3. The Hall–Kier alpha value is -2.96. The predicted octanol–water partition coefficient (Wildman–Crippen LogP) is 1.82. The molecule has 3 aromatic rings. The normalized spacial score (nSPS) is 12.3. The molecule has 7 heteroatoms. The first-order valence-corrected chi connectivity index (χ1v) is 7.55. The SMILES string of the molecule is Cc1ccc([C@H](C)NC(=O)Cn2nc3c(F)cccn3c2=O)cc1. The molecule has 0 bridgehead atoms. The van der Waals surface area contributed by atoms with Crippen LogP contribution in [0.2, 0.25) is 0 Å². The number of carbonyl (C=O) groups is 1. The maximum atomic E-state index is 13.6. The van der Waals surface area contributed by atoms with Crippen LogP contribution in [-0.2, 0) is 11.3 Å². The highest BCUT2D eigenvalue weighted by atomic mass is 19.1. The molecule has 1 N–H and O–H groups in total. The minimum absolute atomic E-state index is 0.0955. The molecule has 124 valence electrons. The van der Waals surface area contributed by atoms with Crippen molar-refractivity contribution in [2.45, 2.75) is 26.4 Å². The standard InChI is InChI=1S/C17H17FN4O2/c1-11-5-7-13(8-6-11)12(2)19-15(23)10-22-17(24)21-9-3-4-14(18)16(21)20-22/h3-9,12H,10H2,1-2H3,(H,19,23)/t12-/m0/s1. The van der Waals surface area contributed by atoms with Gasteiger partial charge < -0.3 is 5.32 Å². The number of aryl methyl sites for hydroxylation is 1. The number of amides is 1. The van der Waals surface area contributed by atoms with Crippen LogP contribution in [0.15, 0.2) is 47.4 Å². The second-order valence-electron chi connectivity index (χ2n) is 5.69. The molecule has 0 saturated heterocycles. The lowest BCUT2D eigenvalue weighted by Crippen LogP contribution is -2.34. The Kier molecular flexibility index (Phi) is 4.16. The number of hydrogen-bond donors (Lipinski definition) is 1. The summed E-state index contributed by atoms with van der Waals surface area (Å²) < 4.78 is 15.7. The number of benzene rings is 1. The van der Waals surface area contributed by atoms with Gasteiger partial charge in [0.1, 0.15) is 6.54 Å². The maximum absolute atomic E-state index is 13.6. The lowest BCUT2D eigenvalue weighted by atomic mass is 10.1. The Morgan fingerprint density at radius 3 is 2.67 bits per heavy atom.